The number of amides is 1. The van der Waals surface area contributed by atoms with Crippen molar-refractivity contribution < 1.29 is 9.32 Å². The van der Waals surface area contributed by atoms with Crippen molar-refractivity contribution in [1.82, 2.24) is 15.0 Å². The van der Waals surface area contributed by atoms with Crippen LogP contribution in [0.3, 0.4) is 0 Å². The highest BCUT2D eigenvalue weighted by Gasteiger charge is 2.32. The number of nitrogens with zero attached hydrogens (tertiary/aromatic N) is 3. The molecule has 5 nitrogen and oxygen atoms in total. The number of carbonyl (C=O) groups excluding carboxylic acids is 1. The van der Waals surface area contributed by atoms with Crippen LogP contribution in [-0.4, -0.2) is 27.5 Å². The van der Waals surface area contributed by atoms with Crippen LogP contribution in [0.4, 0.5) is 0 Å². The Kier molecular flexibility index (Phi) is 4.80. The maximum Gasteiger partial charge on any atom is 0.226 e. The van der Waals surface area contributed by atoms with Crippen molar-refractivity contribution in [2.75, 3.05) is 6.54 Å². The van der Waals surface area contributed by atoms with Crippen LogP contribution in [0, 0.1) is 19.8 Å². The lowest BCUT2D eigenvalue weighted by molar-refractivity contribution is -0.139. The van der Waals surface area contributed by atoms with Gasteiger partial charge < -0.3 is 9.42 Å². The van der Waals surface area contributed by atoms with E-state index in [4.69, 9.17) is 4.52 Å². The van der Waals surface area contributed by atoms with Crippen molar-refractivity contribution in [1.29, 1.82) is 0 Å². The van der Waals surface area contributed by atoms with E-state index < -0.39 is 0 Å². The molecular weight excluding hydrogens is 310 g/mol. The Morgan fingerprint density at radius 2 is 2.30 bits per heavy atom. The lowest BCUT2D eigenvalue weighted by Crippen LogP contribution is -2.41. The third kappa shape index (κ3) is 3.32. The molecule has 124 valence electrons. The number of rotatable bonds is 4. The predicted octanol–water partition coefficient (Wildman–Crippen LogP) is 3.68. The summed E-state index contributed by atoms with van der Waals surface area (Å²) in [6.45, 7) is 6.67. The zero-order valence-electron chi connectivity index (χ0n) is 13.9. The second-order valence-corrected chi connectivity index (χ2v) is 7.25. The number of aryl methyl sites for hydroxylation is 2. The van der Waals surface area contributed by atoms with Crippen molar-refractivity contribution in [3.05, 3.63) is 33.6 Å². The Morgan fingerprint density at radius 3 is 2.96 bits per heavy atom. The summed E-state index contributed by atoms with van der Waals surface area (Å²) in [6, 6.07) is 0.142. The lowest BCUT2D eigenvalue weighted by atomic mass is 9.95. The SMILES string of the molecule is Cc1noc(C)c1CC(C)C(=O)N1CCCCC1c1nccs1. The zero-order chi connectivity index (χ0) is 16.4. The molecule has 2 aromatic heterocycles. The summed E-state index contributed by atoms with van der Waals surface area (Å²) in [4.78, 5) is 19.5. The molecule has 1 aliphatic heterocycles. The van der Waals surface area contributed by atoms with Gasteiger partial charge in [0.25, 0.3) is 0 Å². The van der Waals surface area contributed by atoms with Gasteiger partial charge >= 0.3 is 0 Å². The Balaban J connectivity index is 1.75. The Morgan fingerprint density at radius 1 is 1.48 bits per heavy atom. The van der Waals surface area contributed by atoms with Crippen LogP contribution in [0.25, 0.3) is 0 Å². The summed E-state index contributed by atoms with van der Waals surface area (Å²) >= 11 is 1.64. The number of carbonyl (C=O) groups is 1. The summed E-state index contributed by atoms with van der Waals surface area (Å²) in [5, 5.41) is 7.03. The van der Waals surface area contributed by atoms with Crippen LogP contribution in [0.5, 0.6) is 0 Å². The van der Waals surface area contributed by atoms with E-state index in [1.54, 1.807) is 11.3 Å². The third-order valence-corrected chi connectivity index (χ3v) is 5.51. The maximum absolute atomic E-state index is 13.0. The average molecular weight is 333 g/mol. The molecule has 6 heteroatoms. The van der Waals surface area contributed by atoms with Crippen molar-refractivity contribution in [2.24, 2.45) is 5.92 Å². The van der Waals surface area contributed by atoms with Gasteiger partial charge in [-0.25, -0.2) is 4.98 Å². The van der Waals surface area contributed by atoms with Crippen molar-refractivity contribution in [3.63, 3.8) is 0 Å². The molecule has 1 saturated heterocycles. The highest BCUT2D eigenvalue weighted by Crippen LogP contribution is 2.33. The number of likely N-dealkylation sites (tertiary alicyclic amines) is 1. The Bertz CT molecular complexity index is 646. The van der Waals surface area contributed by atoms with Gasteiger partial charge in [-0.15, -0.1) is 11.3 Å². The molecule has 1 aliphatic rings. The Hall–Kier alpha value is -1.69. The van der Waals surface area contributed by atoms with Gasteiger partial charge in [-0.2, -0.15) is 0 Å². The summed E-state index contributed by atoms with van der Waals surface area (Å²) in [5.74, 6) is 0.953. The van der Waals surface area contributed by atoms with E-state index >= 15 is 0 Å². The highest BCUT2D eigenvalue weighted by atomic mass is 32.1. The minimum Gasteiger partial charge on any atom is -0.361 e. The van der Waals surface area contributed by atoms with Gasteiger partial charge in [0, 0.05) is 29.6 Å². The van der Waals surface area contributed by atoms with Crippen LogP contribution >= 0.6 is 11.3 Å². The minimum atomic E-state index is -0.0765. The minimum absolute atomic E-state index is 0.0765. The topological polar surface area (TPSA) is 59.2 Å². The van der Waals surface area contributed by atoms with Crippen LogP contribution in [-0.2, 0) is 11.2 Å². The molecular formula is C17H23N3O2S. The number of hydrogen-bond donors (Lipinski definition) is 0. The molecule has 2 unspecified atom stereocenters. The van der Waals surface area contributed by atoms with E-state index in [1.807, 2.05) is 37.2 Å². The van der Waals surface area contributed by atoms with Crippen molar-refractivity contribution in [3.8, 4) is 0 Å². The summed E-state index contributed by atoms with van der Waals surface area (Å²) in [6.07, 6.45) is 5.75. The summed E-state index contributed by atoms with van der Waals surface area (Å²) < 4.78 is 5.22. The van der Waals surface area contributed by atoms with Gasteiger partial charge in [-0.1, -0.05) is 12.1 Å². The van der Waals surface area contributed by atoms with Gasteiger partial charge in [0.2, 0.25) is 5.91 Å². The maximum atomic E-state index is 13.0. The van der Waals surface area contributed by atoms with Gasteiger partial charge in [-0.05, 0) is 39.5 Å². The molecule has 2 aromatic rings. The molecule has 3 rings (SSSR count). The van der Waals surface area contributed by atoms with Gasteiger partial charge in [0.15, 0.2) is 0 Å². The zero-order valence-corrected chi connectivity index (χ0v) is 14.7. The van der Waals surface area contributed by atoms with E-state index in [-0.39, 0.29) is 17.9 Å². The molecule has 23 heavy (non-hydrogen) atoms. The fourth-order valence-electron chi connectivity index (χ4n) is 3.32. The molecule has 0 aromatic carbocycles. The van der Waals surface area contributed by atoms with E-state index in [0.29, 0.717) is 6.42 Å². The van der Waals surface area contributed by atoms with Crippen LogP contribution in [0.2, 0.25) is 0 Å². The van der Waals surface area contributed by atoms with Gasteiger partial charge in [-0.3, -0.25) is 4.79 Å². The first kappa shape index (κ1) is 16.2. The number of piperidine rings is 1. The lowest BCUT2D eigenvalue weighted by Gasteiger charge is -2.36. The molecule has 3 heterocycles. The van der Waals surface area contributed by atoms with E-state index in [2.05, 4.69) is 10.1 Å². The number of hydrogen-bond acceptors (Lipinski definition) is 5. The second kappa shape index (κ2) is 6.83. The standard InChI is InChI=1S/C17H23N3O2S/c1-11(10-14-12(2)19-22-13(14)3)17(21)20-8-5-4-6-15(20)16-18-7-9-23-16/h7,9,11,15H,4-6,8,10H2,1-3H3. The van der Waals surface area contributed by atoms with Crippen molar-refractivity contribution in [2.45, 2.75) is 52.5 Å². The monoisotopic (exact) mass is 333 g/mol. The first-order chi connectivity index (χ1) is 11.1. The first-order valence-corrected chi connectivity index (χ1v) is 9.07. The molecule has 0 bridgehead atoms. The van der Waals surface area contributed by atoms with E-state index in [9.17, 15) is 4.79 Å². The average Bonchev–Trinajstić information content (AvgIpc) is 3.20. The number of aromatic nitrogens is 2. The molecule has 0 saturated carbocycles. The predicted molar refractivity (Wildman–Crippen MR) is 89.3 cm³/mol. The Labute approximate surface area is 140 Å². The summed E-state index contributed by atoms with van der Waals surface area (Å²) in [5.41, 5.74) is 1.95. The third-order valence-electron chi connectivity index (χ3n) is 4.64. The molecule has 2 atom stereocenters. The molecule has 0 aliphatic carbocycles. The molecule has 0 radical (unpaired) electrons. The molecule has 0 N–H and O–H groups in total. The molecule has 1 fully saturated rings. The highest BCUT2D eigenvalue weighted by molar-refractivity contribution is 7.09. The fourth-order valence-corrected chi connectivity index (χ4v) is 4.11. The smallest absolute Gasteiger partial charge is 0.226 e. The van der Waals surface area contributed by atoms with Gasteiger partial charge in [0.05, 0.1) is 11.7 Å². The fraction of sp³-hybridized carbons (Fsp3) is 0.588. The van der Waals surface area contributed by atoms with E-state index in [1.165, 1.54) is 0 Å². The van der Waals surface area contributed by atoms with Crippen LogP contribution < -0.4 is 0 Å². The number of thiazole rings is 1. The second-order valence-electron chi connectivity index (χ2n) is 6.32. The van der Waals surface area contributed by atoms with Crippen LogP contribution in [0.1, 0.15) is 54.3 Å². The molecule has 1 amide bonds. The molecule has 0 spiro atoms. The first-order valence-electron chi connectivity index (χ1n) is 8.19. The van der Waals surface area contributed by atoms with Gasteiger partial charge in [0.1, 0.15) is 10.8 Å². The van der Waals surface area contributed by atoms with E-state index in [0.717, 1.165) is 47.8 Å². The van der Waals surface area contributed by atoms with Crippen LogP contribution in [0.15, 0.2) is 16.1 Å². The van der Waals surface area contributed by atoms with Crippen molar-refractivity contribution >= 4 is 17.2 Å². The normalized spacial score (nSPS) is 19.8. The quantitative estimate of drug-likeness (QED) is 0.856. The summed E-state index contributed by atoms with van der Waals surface area (Å²) in [7, 11) is 0. The largest absolute Gasteiger partial charge is 0.361 e.